The highest BCUT2D eigenvalue weighted by molar-refractivity contribution is 7.21. The number of carbonyl (C=O) groups excluding carboxylic acids is 1. The van der Waals surface area contributed by atoms with E-state index >= 15 is 0 Å². The van der Waals surface area contributed by atoms with E-state index in [0.29, 0.717) is 28.9 Å². The number of piperazine rings is 1. The van der Waals surface area contributed by atoms with E-state index < -0.39 is 0 Å². The van der Waals surface area contributed by atoms with E-state index in [-0.39, 0.29) is 24.4 Å². The molecular weight excluding hydrogens is 403 g/mol. The summed E-state index contributed by atoms with van der Waals surface area (Å²) in [6.45, 7) is 4.24. The molecular formula is C23H25FN2O3S. The Morgan fingerprint density at radius 3 is 2.73 bits per heavy atom. The Hall–Kier alpha value is -2.64. The number of hydrogen-bond donors (Lipinski definition) is 0. The van der Waals surface area contributed by atoms with Crippen molar-refractivity contribution in [3.8, 4) is 5.75 Å². The van der Waals surface area contributed by atoms with Crippen molar-refractivity contribution in [2.45, 2.75) is 19.6 Å². The van der Waals surface area contributed by atoms with Crippen LogP contribution in [0.5, 0.6) is 5.75 Å². The Morgan fingerprint density at radius 1 is 1.20 bits per heavy atom. The minimum atomic E-state index is -0.314. The highest BCUT2D eigenvalue weighted by Crippen LogP contribution is 2.35. The predicted molar refractivity (Wildman–Crippen MR) is 118 cm³/mol. The van der Waals surface area contributed by atoms with Crippen LogP contribution in [0.4, 0.5) is 10.1 Å². The summed E-state index contributed by atoms with van der Waals surface area (Å²) in [5, 5.41) is 0.496. The molecule has 0 radical (unpaired) electrons. The molecule has 0 bridgehead atoms. The van der Waals surface area contributed by atoms with Gasteiger partial charge in [-0.15, -0.1) is 11.3 Å². The van der Waals surface area contributed by atoms with E-state index in [1.807, 2.05) is 29.2 Å². The third kappa shape index (κ3) is 3.75. The molecule has 1 atom stereocenters. The molecule has 0 unspecified atom stereocenters. The van der Waals surface area contributed by atoms with E-state index in [1.54, 1.807) is 20.3 Å². The van der Waals surface area contributed by atoms with Crippen molar-refractivity contribution in [1.29, 1.82) is 0 Å². The highest BCUT2D eigenvalue weighted by atomic mass is 32.1. The topological polar surface area (TPSA) is 42.0 Å². The maximum atomic E-state index is 14.5. The second-order valence-electron chi connectivity index (χ2n) is 7.45. The molecule has 7 heteroatoms. The summed E-state index contributed by atoms with van der Waals surface area (Å²) in [6, 6.07) is 13.1. The Kier molecular flexibility index (Phi) is 5.92. The minimum Gasteiger partial charge on any atom is -0.497 e. The predicted octanol–water partition coefficient (Wildman–Crippen LogP) is 4.55. The Labute approximate surface area is 179 Å². The summed E-state index contributed by atoms with van der Waals surface area (Å²) in [7, 11) is 3.22. The van der Waals surface area contributed by atoms with Gasteiger partial charge in [-0.1, -0.05) is 12.1 Å². The molecule has 4 rings (SSSR count). The van der Waals surface area contributed by atoms with Gasteiger partial charge in [0.1, 0.15) is 11.6 Å². The first-order chi connectivity index (χ1) is 14.5. The van der Waals surface area contributed by atoms with Gasteiger partial charge in [-0.05, 0) is 31.2 Å². The van der Waals surface area contributed by atoms with Gasteiger partial charge in [0, 0.05) is 60.2 Å². The van der Waals surface area contributed by atoms with E-state index in [2.05, 4.69) is 17.9 Å². The van der Waals surface area contributed by atoms with Gasteiger partial charge in [0.25, 0.3) is 5.91 Å². The van der Waals surface area contributed by atoms with Crippen LogP contribution in [0.2, 0.25) is 0 Å². The molecule has 3 aromatic rings. The third-order valence-corrected chi connectivity index (χ3v) is 6.73. The van der Waals surface area contributed by atoms with E-state index in [0.717, 1.165) is 22.7 Å². The number of benzene rings is 2. The zero-order chi connectivity index (χ0) is 21.3. The lowest BCUT2D eigenvalue weighted by Gasteiger charge is -2.41. The molecule has 1 aromatic heterocycles. The van der Waals surface area contributed by atoms with E-state index in [1.165, 1.54) is 17.4 Å². The fraction of sp³-hybridized carbons (Fsp3) is 0.348. The largest absolute Gasteiger partial charge is 0.497 e. The molecule has 0 N–H and O–H groups in total. The second-order valence-corrected chi connectivity index (χ2v) is 8.50. The van der Waals surface area contributed by atoms with Gasteiger partial charge in [0.05, 0.1) is 18.6 Å². The first-order valence-corrected chi connectivity index (χ1v) is 10.7. The van der Waals surface area contributed by atoms with Crippen LogP contribution >= 0.6 is 11.3 Å². The van der Waals surface area contributed by atoms with E-state index in [4.69, 9.17) is 9.47 Å². The molecule has 5 nitrogen and oxygen atoms in total. The van der Waals surface area contributed by atoms with Gasteiger partial charge in [-0.2, -0.15) is 0 Å². The van der Waals surface area contributed by atoms with Crippen LogP contribution in [0.3, 0.4) is 0 Å². The van der Waals surface area contributed by atoms with Crippen LogP contribution in [0.1, 0.15) is 22.2 Å². The van der Waals surface area contributed by atoms with Crippen molar-refractivity contribution in [2.24, 2.45) is 0 Å². The number of ether oxygens (including phenoxy) is 2. The normalized spacial score (nSPS) is 16.9. The molecule has 158 valence electrons. The number of anilines is 1. The van der Waals surface area contributed by atoms with Crippen LogP contribution in [0.25, 0.3) is 10.1 Å². The maximum absolute atomic E-state index is 14.5. The van der Waals surface area contributed by atoms with Crippen molar-refractivity contribution in [3.63, 3.8) is 0 Å². The molecule has 2 heterocycles. The summed E-state index contributed by atoms with van der Waals surface area (Å²) in [6.07, 6.45) is 0. The number of halogens is 1. The summed E-state index contributed by atoms with van der Waals surface area (Å²) in [5.74, 6) is 0.445. The van der Waals surface area contributed by atoms with Crippen LogP contribution in [0.15, 0.2) is 42.5 Å². The SMILES string of the molecule is COCc1c(C(=O)N2CCN(c3cccc(OC)c3)[C@H](C)C2)sc2cccc(F)c12. The molecule has 0 aliphatic carbocycles. The average molecular weight is 429 g/mol. The Bertz CT molecular complexity index is 1070. The van der Waals surface area contributed by atoms with Gasteiger partial charge in [0.2, 0.25) is 0 Å². The van der Waals surface area contributed by atoms with Crippen molar-refractivity contribution < 1.29 is 18.7 Å². The van der Waals surface area contributed by atoms with Crippen molar-refractivity contribution in [1.82, 2.24) is 4.90 Å². The van der Waals surface area contributed by atoms with Gasteiger partial charge in [-0.25, -0.2) is 4.39 Å². The number of amides is 1. The first kappa shape index (κ1) is 20.6. The molecule has 1 aliphatic heterocycles. The standard InChI is InChI=1S/C23H25FN2O3S/c1-15-13-25(10-11-26(15)16-6-4-7-17(12-16)29-3)23(27)22-18(14-28-2)21-19(24)8-5-9-20(21)30-22/h4-9,12,15H,10-11,13-14H2,1-3H3/t15-/m1/s1. The summed E-state index contributed by atoms with van der Waals surface area (Å²) in [5.41, 5.74) is 1.72. The molecule has 1 fully saturated rings. The number of hydrogen-bond acceptors (Lipinski definition) is 5. The minimum absolute atomic E-state index is 0.0557. The summed E-state index contributed by atoms with van der Waals surface area (Å²) < 4.78 is 25.9. The number of nitrogens with zero attached hydrogens (tertiary/aromatic N) is 2. The quantitative estimate of drug-likeness (QED) is 0.598. The summed E-state index contributed by atoms with van der Waals surface area (Å²) >= 11 is 1.34. The van der Waals surface area contributed by atoms with Crippen molar-refractivity contribution >= 4 is 33.0 Å². The van der Waals surface area contributed by atoms with Crippen molar-refractivity contribution in [3.05, 3.63) is 58.7 Å². The van der Waals surface area contributed by atoms with Crippen LogP contribution in [-0.2, 0) is 11.3 Å². The average Bonchev–Trinajstić information content (AvgIpc) is 3.13. The highest BCUT2D eigenvalue weighted by Gasteiger charge is 2.30. The smallest absolute Gasteiger partial charge is 0.264 e. The Morgan fingerprint density at radius 2 is 2.00 bits per heavy atom. The van der Waals surface area contributed by atoms with Gasteiger partial charge in [-0.3, -0.25) is 4.79 Å². The molecule has 1 amide bonds. The molecule has 2 aromatic carbocycles. The second kappa shape index (κ2) is 8.62. The van der Waals surface area contributed by atoms with Crippen LogP contribution in [0, 0.1) is 5.82 Å². The molecule has 1 saturated heterocycles. The van der Waals surface area contributed by atoms with E-state index in [9.17, 15) is 9.18 Å². The first-order valence-electron chi connectivity index (χ1n) is 9.92. The number of rotatable bonds is 5. The number of carbonyl (C=O) groups is 1. The maximum Gasteiger partial charge on any atom is 0.264 e. The zero-order valence-electron chi connectivity index (χ0n) is 17.4. The fourth-order valence-corrected chi connectivity index (χ4v) is 5.27. The van der Waals surface area contributed by atoms with Crippen LogP contribution < -0.4 is 9.64 Å². The summed E-state index contributed by atoms with van der Waals surface area (Å²) in [4.78, 5) is 18.1. The number of fused-ring (bicyclic) bond motifs is 1. The number of thiophene rings is 1. The van der Waals surface area contributed by atoms with Gasteiger partial charge in [0.15, 0.2) is 0 Å². The monoisotopic (exact) mass is 428 g/mol. The lowest BCUT2D eigenvalue weighted by molar-refractivity contribution is 0.0727. The van der Waals surface area contributed by atoms with Gasteiger partial charge >= 0.3 is 0 Å². The lowest BCUT2D eigenvalue weighted by atomic mass is 10.1. The molecule has 0 spiro atoms. The zero-order valence-corrected chi connectivity index (χ0v) is 18.2. The molecule has 0 saturated carbocycles. The lowest BCUT2D eigenvalue weighted by Crippen LogP contribution is -2.53. The van der Waals surface area contributed by atoms with Crippen molar-refractivity contribution in [2.75, 3.05) is 38.8 Å². The molecule has 30 heavy (non-hydrogen) atoms. The third-order valence-electron chi connectivity index (χ3n) is 5.55. The van der Waals surface area contributed by atoms with Crippen LogP contribution in [-0.4, -0.2) is 50.7 Å². The fourth-order valence-electron chi connectivity index (χ4n) is 4.08. The molecule has 1 aliphatic rings. The number of methoxy groups -OCH3 is 2. The van der Waals surface area contributed by atoms with Gasteiger partial charge < -0.3 is 19.3 Å². The Balaban J connectivity index is 1.58.